The van der Waals surface area contributed by atoms with Crippen LogP contribution in [-0.4, -0.2) is 54.2 Å². The Morgan fingerprint density at radius 3 is 2.25 bits per heavy atom. The van der Waals surface area contributed by atoms with Crippen molar-refractivity contribution in [2.45, 2.75) is 26.1 Å². The number of benzene rings is 2. The largest absolute Gasteiger partial charge is 0.373 e. The molecule has 6 heteroatoms. The van der Waals surface area contributed by atoms with Crippen molar-refractivity contribution in [1.82, 2.24) is 4.90 Å². The van der Waals surface area contributed by atoms with Crippen molar-refractivity contribution in [2.24, 2.45) is 0 Å². The van der Waals surface area contributed by atoms with Crippen LogP contribution in [-0.2, 0) is 9.53 Å². The molecule has 0 bridgehead atoms. The van der Waals surface area contributed by atoms with Gasteiger partial charge in [-0.05, 0) is 19.9 Å². The molecule has 2 aromatic carbocycles. The molecule has 28 heavy (non-hydrogen) atoms. The molecule has 1 saturated heterocycles. The summed E-state index contributed by atoms with van der Waals surface area (Å²) >= 11 is 0. The third kappa shape index (κ3) is 3.37. The summed E-state index contributed by atoms with van der Waals surface area (Å²) in [6.45, 7) is 5.52. The van der Waals surface area contributed by atoms with E-state index in [2.05, 4.69) is 5.32 Å². The standard InChI is InChI=1S/C22H22N2O4/c1-13-10-24(11-14(2)28-13)12-19(25)23-18-9-5-8-17-20(18)22(27)16-7-4-3-6-15(16)21(17)26/h3-9,13-14H,10-12H2,1-2H3,(H,23,25). The molecule has 2 aliphatic rings. The van der Waals surface area contributed by atoms with Gasteiger partial charge in [-0.15, -0.1) is 0 Å². The van der Waals surface area contributed by atoms with Crippen molar-refractivity contribution in [3.05, 3.63) is 64.7 Å². The molecular formula is C22H22N2O4. The maximum atomic E-state index is 13.0. The monoisotopic (exact) mass is 378 g/mol. The van der Waals surface area contributed by atoms with Crippen molar-refractivity contribution >= 4 is 23.2 Å². The van der Waals surface area contributed by atoms with Crippen LogP contribution in [0, 0.1) is 0 Å². The second kappa shape index (κ2) is 7.30. The van der Waals surface area contributed by atoms with Crippen LogP contribution in [0.3, 0.4) is 0 Å². The molecule has 1 heterocycles. The van der Waals surface area contributed by atoms with Gasteiger partial charge >= 0.3 is 0 Å². The van der Waals surface area contributed by atoms with E-state index in [1.165, 1.54) is 0 Å². The van der Waals surface area contributed by atoms with Crippen LogP contribution in [0.4, 0.5) is 5.69 Å². The first-order valence-corrected chi connectivity index (χ1v) is 9.43. The molecule has 1 amide bonds. The van der Waals surface area contributed by atoms with Gasteiger partial charge in [0.15, 0.2) is 11.6 Å². The number of hydrogen-bond acceptors (Lipinski definition) is 5. The Hall–Kier alpha value is -2.83. The molecule has 0 radical (unpaired) electrons. The van der Waals surface area contributed by atoms with Crippen molar-refractivity contribution < 1.29 is 19.1 Å². The number of hydrogen-bond donors (Lipinski definition) is 1. The lowest BCUT2D eigenvalue weighted by atomic mass is 9.83. The average molecular weight is 378 g/mol. The van der Waals surface area contributed by atoms with E-state index in [1.807, 2.05) is 18.7 Å². The Balaban J connectivity index is 1.58. The van der Waals surface area contributed by atoms with Gasteiger partial charge in [-0.25, -0.2) is 0 Å². The molecule has 144 valence electrons. The molecule has 2 aromatic rings. The van der Waals surface area contributed by atoms with Gasteiger partial charge in [-0.3, -0.25) is 19.3 Å². The number of carbonyl (C=O) groups is 3. The minimum Gasteiger partial charge on any atom is -0.373 e. The van der Waals surface area contributed by atoms with Crippen LogP contribution >= 0.6 is 0 Å². The van der Waals surface area contributed by atoms with Gasteiger partial charge < -0.3 is 10.1 Å². The fourth-order valence-electron chi connectivity index (χ4n) is 4.06. The quantitative estimate of drug-likeness (QED) is 0.758. The highest BCUT2D eigenvalue weighted by Gasteiger charge is 2.32. The number of rotatable bonds is 3. The SMILES string of the molecule is CC1CN(CC(=O)Nc2cccc3c2C(=O)c2ccccc2C3=O)CC(C)O1. The lowest BCUT2D eigenvalue weighted by Crippen LogP contribution is -2.48. The zero-order chi connectivity index (χ0) is 19.8. The first-order chi connectivity index (χ1) is 13.4. The van der Waals surface area contributed by atoms with E-state index in [9.17, 15) is 14.4 Å². The van der Waals surface area contributed by atoms with Gasteiger partial charge in [0.05, 0.1) is 30.0 Å². The number of nitrogens with zero attached hydrogens (tertiary/aromatic N) is 1. The van der Waals surface area contributed by atoms with E-state index in [4.69, 9.17) is 4.74 Å². The van der Waals surface area contributed by atoms with Crippen molar-refractivity contribution in [3.63, 3.8) is 0 Å². The fraction of sp³-hybridized carbons (Fsp3) is 0.318. The summed E-state index contributed by atoms with van der Waals surface area (Å²) in [5.74, 6) is -0.652. The van der Waals surface area contributed by atoms with Gasteiger partial charge in [0.25, 0.3) is 0 Å². The Kier molecular flexibility index (Phi) is 4.83. The second-order valence-electron chi connectivity index (χ2n) is 7.43. The van der Waals surface area contributed by atoms with Crippen LogP contribution in [0.5, 0.6) is 0 Å². The summed E-state index contributed by atoms with van der Waals surface area (Å²) in [7, 11) is 0. The van der Waals surface area contributed by atoms with Gasteiger partial charge in [0.1, 0.15) is 0 Å². The molecule has 0 saturated carbocycles. The second-order valence-corrected chi connectivity index (χ2v) is 7.43. The maximum absolute atomic E-state index is 13.0. The maximum Gasteiger partial charge on any atom is 0.238 e. The first-order valence-electron chi connectivity index (χ1n) is 9.43. The van der Waals surface area contributed by atoms with E-state index >= 15 is 0 Å². The average Bonchev–Trinajstić information content (AvgIpc) is 2.65. The molecular weight excluding hydrogens is 356 g/mol. The number of ether oxygens (including phenoxy) is 1. The zero-order valence-electron chi connectivity index (χ0n) is 15.9. The Morgan fingerprint density at radius 2 is 1.57 bits per heavy atom. The molecule has 4 rings (SSSR count). The highest BCUT2D eigenvalue weighted by atomic mass is 16.5. The molecule has 2 unspecified atom stereocenters. The van der Waals surface area contributed by atoms with Crippen LogP contribution < -0.4 is 5.32 Å². The topological polar surface area (TPSA) is 75.7 Å². The van der Waals surface area contributed by atoms with Crippen molar-refractivity contribution in [1.29, 1.82) is 0 Å². The minimum atomic E-state index is -0.241. The van der Waals surface area contributed by atoms with Gasteiger partial charge in [-0.2, -0.15) is 0 Å². The van der Waals surface area contributed by atoms with Crippen LogP contribution in [0.25, 0.3) is 0 Å². The van der Waals surface area contributed by atoms with E-state index in [0.29, 0.717) is 35.5 Å². The van der Waals surface area contributed by atoms with Crippen LogP contribution in [0.1, 0.15) is 45.7 Å². The minimum absolute atomic E-state index is 0.0664. The van der Waals surface area contributed by atoms with Gasteiger partial charge in [-0.1, -0.05) is 36.4 Å². The Labute approximate surface area is 163 Å². The number of ketones is 2. The molecule has 1 N–H and O–H groups in total. The number of amides is 1. The van der Waals surface area contributed by atoms with Crippen LogP contribution in [0.15, 0.2) is 42.5 Å². The molecule has 6 nitrogen and oxygen atoms in total. The smallest absolute Gasteiger partial charge is 0.238 e. The zero-order valence-corrected chi connectivity index (χ0v) is 15.9. The summed E-state index contributed by atoms with van der Waals surface area (Å²) in [6.07, 6.45) is 0.133. The summed E-state index contributed by atoms with van der Waals surface area (Å²) in [5, 5.41) is 2.83. The lowest BCUT2D eigenvalue weighted by molar-refractivity contribution is -0.121. The molecule has 1 fully saturated rings. The highest BCUT2D eigenvalue weighted by Crippen LogP contribution is 2.31. The third-order valence-corrected chi connectivity index (χ3v) is 5.09. The van der Waals surface area contributed by atoms with Crippen molar-refractivity contribution in [3.8, 4) is 0 Å². The number of morpholine rings is 1. The van der Waals surface area contributed by atoms with Crippen LogP contribution in [0.2, 0.25) is 0 Å². The highest BCUT2D eigenvalue weighted by molar-refractivity contribution is 6.30. The fourth-order valence-corrected chi connectivity index (χ4v) is 4.06. The molecule has 1 aliphatic heterocycles. The van der Waals surface area contributed by atoms with E-state index in [-0.39, 0.29) is 41.8 Å². The summed E-state index contributed by atoms with van der Waals surface area (Å²) < 4.78 is 5.69. The third-order valence-electron chi connectivity index (χ3n) is 5.09. The number of anilines is 1. The van der Waals surface area contributed by atoms with Crippen molar-refractivity contribution in [2.75, 3.05) is 25.0 Å². The molecule has 0 spiro atoms. The van der Waals surface area contributed by atoms with Gasteiger partial charge in [0.2, 0.25) is 5.91 Å². The number of nitrogens with one attached hydrogen (secondary N) is 1. The lowest BCUT2D eigenvalue weighted by Gasteiger charge is -2.34. The van der Waals surface area contributed by atoms with E-state index < -0.39 is 0 Å². The predicted molar refractivity (Wildman–Crippen MR) is 105 cm³/mol. The summed E-state index contributed by atoms with van der Waals surface area (Å²) in [4.78, 5) is 40.5. The molecule has 0 aromatic heterocycles. The molecule has 2 atom stereocenters. The first kappa shape index (κ1) is 18.5. The van der Waals surface area contributed by atoms with Gasteiger partial charge in [0, 0.05) is 29.8 Å². The van der Waals surface area contributed by atoms with E-state index in [0.717, 1.165) is 0 Å². The van der Waals surface area contributed by atoms with E-state index in [1.54, 1.807) is 42.5 Å². The Morgan fingerprint density at radius 1 is 0.964 bits per heavy atom. The molecule has 1 aliphatic carbocycles. The number of carbonyl (C=O) groups excluding carboxylic acids is 3. The Bertz CT molecular complexity index is 959. The normalized spacial score (nSPS) is 21.8. The summed E-state index contributed by atoms with van der Waals surface area (Å²) in [6, 6.07) is 11.8. The summed E-state index contributed by atoms with van der Waals surface area (Å²) in [5.41, 5.74) is 1.75. The number of fused-ring (bicyclic) bond motifs is 2. The predicted octanol–water partition coefficient (Wildman–Crippen LogP) is 2.51.